The van der Waals surface area contributed by atoms with E-state index in [1.807, 2.05) is 30.3 Å². The van der Waals surface area contributed by atoms with Gasteiger partial charge in [-0.3, -0.25) is 4.79 Å². The summed E-state index contributed by atoms with van der Waals surface area (Å²) in [4.78, 5) is 15.4. The molecule has 1 N–H and O–H groups in total. The third-order valence-electron chi connectivity index (χ3n) is 2.71. The zero-order valence-electron chi connectivity index (χ0n) is 8.44. The highest BCUT2D eigenvalue weighted by Gasteiger charge is 2.17. The summed E-state index contributed by atoms with van der Waals surface area (Å²) in [5.74, 6) is 0.680. The molecule has 0 saturated carbocycles. The Labute approximate surface area is 92.3 Å². The van der Waals surface area contributed by atoms with E-state index in [9.17, 15) is 4.79 Å². The molecule has 3 heteroatoms. The highest BCUT2D eigenvalue weighted by Crippen LogP contribution is 2.36. The molecule has 2 aromatic rings. The van der Waals surface area contributed by atoms with Crippen LogP contribution in [0, 0.1) is 0 Å². The molecule has 1 aliphatic carbocycles. The summed E-state index contributed by atoms with van der Waals surface area (Å²) in [6.07, 6.45) is 2.44. The number of carbonyl (C=O) groups is 1. The van der Waals surface area contributed by atoms with Crippen LogP contribution in [0.3, 0.4) is 0 Å². The minimum atomic E-state index is 0.518. The van der Waals surface area contributed by atoms with Gasteiger partial charge >= 0.3 is 0 Å². The molecule has 3 rings (SSSR count). The number of hydroxylamine groups is 1. The lowest BCUT2D eigenvalue weighted by atomic mass is 10.0. The maximum atomic E-state index is 10.2. The smallest absolute Gasteiger partial charge is 0.239 e. The standard InChI is InChI=1S/C13H9NO2/c15-8-14-16-12-7-10-5-1-3-9-4-2-6-11(12)13(9)10/h1-8H,(H,14,15). The highest BCUT2D eigenvalue weighted by atomic mass is 16.7. The van der Waals surface area contributed by atoms with Crippen LogP contribution in [0.2, 0.25) is 0 Å². The fraction of sp³-hybridized carbons (Fsp3) is 0. The fourth-order valence-corrected chi connectivity index (χ4v) is 2.09. The Hall–Kier alpha value is -2.29. The van der Waals surface area contributed by atoms with E-state index in [0.717, 1.165) is 11.1 Å². The molecule has 1 amide bonds. The first-order valence-electron chi connectivity index (χ1n) is 5.00. The van der Waals surface area contributed by atoms with Gasteiger partial charge in [0.2, 0.25) is 6.41 Å². The van der Waals surface area contributed by atoms with Gasteiger partial charge in [-0.1, -0.05) is 36.4 Å². The Morgan fingerprint density at radius 2 is 1.94 bits per heavy atom. The Morgan fingerprint density at radius 3 is 2.75 bits per heavy atom. The summed E-state index contributed by atoms with van der Waals surface area (Å²) >= 11 is 0. The van der Waals surface area contributed by atoms with Crippen molar-refractivity contribution in [1.82, 2.24) is 5.48 Å². The summed E-state index contributed by atoms with van der Waals surface area (Å²) in [6, 6.07) is 12.1. The summed E-state index contributed by atoms with van der Waals surface area (Å²) in [5, 5.41) is 2.35. The largest absolute Gasteiger partial charge is 0.379 e. The van der Waals surface area contributed by atoms with Crippen LogP contribution in [0.25, 0.3) is 22.6 Å². The van der Waals surface area contributed by atoms with Gasteiger partial charge in [-0.05, 0) is 17.0 Å². The second kappa shape index (κ2) is 3.38. The van der Waals surface area contributed by atoms with Crippen molar-refractivity contribution in [1.29, 1.82) is 0 Å². The molecule has 0 fully saturated rings. The van der Waals surface area contributed by atoms with Gasteiger partial charge in [0, 0.05) is 10.9 Å². The van der Waals surface area contributed by atoms with Gasteiger partial charge in [0.15, 0.2) is 5.76 Å². The third kappa shape index (κ3) is 1.18. The molecule has 0 spiro atoms. The maximum Gasteiger partial charge on any atom is 0.239 e. The lowest BCUT2D eigenvalue weighted by Crippen LogP contribution is -2.09. The first kappa shape index (κ1) is 8.97. The van der Waals surface area contributed by atoms with Crippen LogP contribution in [-0.4, -0.2) is 6.41 Å². The van der Waals surface area contributed by atoms with Crippen molar-refractivity contribution in [2.24, 2.45) is 0 Å². The average molecular weight is 211 g/mol. The molecule has 78 valence electrons. The topological polar surface area (TPSA) is 38.3 Å². The third-order valence-corrected chi connectivity index (χ3v) is 2.71. The van der Waals surface area contributed by atoms with E-state index in [4.69, 9.17) is 4.84 Å². The summed E-state index contributed by atoms with van der Waals surface area (Å²) in [6.45, 7) is 0. The van der Waals surface area contributed by atoms with Crippen LogP contribution in [0.4, 0.5) is 0 Å². The molecule has 0 bridgehead atoms. The van der Waals surface area contributed by atoms with Crippen LogP contribution in [0.5, 0.6) is 0 Å². The zero-order valence-corrected chi connectivity index (χ0v) is 8.44. The summed E-state index contributed by atoms with van der Waals surface area (Å²) < 4.78 is 0. The van der Waals surface area contributed by atoms with Crippen molar-refractivity contribution < 1.29 is 9.63 Å². The molecular weight excluding hydrogens is 202 g/mol. The predicted molar refractivity (Wildman–Crippen MR) is 62.1 cm³/mol. The molecule has 0 unspecified atom stereocenters. The molecule has 1 aliphatic rings. The van der Waals surface area contributed by atoms with Crippen LogP contribution in [-0.2, 0) is 9.63 Å². The minimum Gasteiger partial charge on any atom is -0.379 e. The number of benzene rings is 2. The molecule has 0 saturated heterocycles. The van der Waals surface area contributed by atoms with Gasteiger partial charge in [-0.15, -0.1) is 0 Å². The van der Waals surface area contributed by atoms with Crippen molar-refractivity contribution in [3.05, 3.63) is 47.5 Å². The minimum absolute atomic E-state index is 0.518. The van der Waals surface area contributed by atoms with Crippen molar-refractivity contribution in [2.45, 2.75) is 0 Å². The molecule has 0 aromatic heterocycles. The van der Waals surface area contributed by atoms with E-state index < -0.39 is 0 Å². The van der Waals surface area contributed by atoms with Crippen molar-refractivity contribution >= 4 is 29.0 Å². The van der Waals surface area contributed by atoms with Crippen molar-refractivity contribution in [3.63, 3.8) is 0 Å². The Morgan fingerprint density at radius 1 is 1.12 bits per heavy atom. The van der Waals surface area contributed by atoms with Gasteiger partial charge < -0.3 is 4.84 Å². The molecular formula is C13H9NO2. The number of hydrogen-bond acceptors (Lipinski definition) is 2. The van der Waals surface area contributed by atoms with Gasteiger partial charge in [0.25, 0.3) is 0 Å². The Bertz CT molecular complexity index is 597. The van der Waals surface area contributed by atoms with Crippen LogP contribution in [0.1, 0.15) is 11.1 Å². The predicted octanol–water partition coefficient (Wildman–Crippen LogP) is 2.33. The quantitative estimate of drug-likeness (QED) is 0.625. The highest BCUT2D eigenvalue weighted by molar-refractivity contribution is 6.07. The Balaban J connectivity index is 2.18. The lowest BCUT2D eigenvalue weighted by molar-refractivity contribution is -0.116. The van der Waals surface area contributed by atoms with Crippen LogP contribution in [0.15, 0.2) is 36.4 Å². The van der Waals surface area contributed by atoms with Gasteiger partial charge in [-0.2, -0.15) is 5.48 Å². The second-order valence-corrected chi connectivity index (χ2v) is 3.60. The maximum absolute atomic E-state index is 10.2. The first-order chi connectivity index (χ1) is 7.90. The number of carbonyl (C=O) groups excluding carboxylic acids is 1. The Kier molecular flexibility index (Phi) is 1.90. The van der Waals surface area contributed by atoms with E-state index in [2.05, 4.69) is 17.6 Å². The molecule has 0 atom stereocenters. The molecule has 16 heavy (non-hydrogen) atoms. The van der Waals surface area contributed by atoms with E-state index in [1.54, 1.807) is 0 Å². The van der Waals surface area contributed by atoms with Crippen molar-refractivity contribution in [3.8, 4) is 0 Å². The number of nitrogens with one attached hydrogen (secondary N) is 1. The second-order valence-electron chi connectivity index (χ2n) is 3.60. The average Bonchev–Trinajstić information content (AvgIpc) is 2.68. The zero-order chi connectivity index (χ0) is 11.0. The molecule has 0 aliphatic heterocycles. The number of amides is 1. The van der Waals surface area contributed by atoms with E-state index in [0.29, 0.717) is 12.2 Å². The SMILES string of the molecule is O=CNOC1=Cc2cccc3cccc1c23. The van der Waals surface area contributed by atoms with E-state index in [-0.39, 0.29) is 0 Å². The van der Waals surface area contributed by atoms with Crippen molar-refractivity contribution in [2.75, 3.05) is 0 Å². The van der Waals surface area contributed by atoms with E-state index >= 15 is 0 Å². The number of hydrogen-bond donors (Lipinski definition) is 1. The lowest BCUT2D eigenvalue weighted by Gasteiger charge is -2.05. The summed E-state index contributed by atoms with van der Waals surface area (Å²) in [5.41, 5.74) is 4.36. The van der Waals surface area contributed by atoms with Crippen LogP contribution < -0.4 is 5.48 Å². The van der Waals surface area contributed by atoms with Gasteiger partial charge in [0.1, 0.15) is 0 Å². The molecule has 0 heterocycles. The van der Waals surface area contributed by atoms with E-state index in [1.165, 1.54) is 10.8 Å². The molecule has 3 nitrogen and oxygen atoms in total. The van der Waals surface area contributed by atoms with Crippen LogP contribution >= 0.6 is 0 Å². The van der Waals surface area contributed by atoms with Gasteiger partial charge in [-0.25, -0.2) is 0 Å². The molecule has 2 aromatic carbocycles. The fourth-order valence-electron chi connectivity index (χ4n) is 2.09. The normalized spacial score (nSPS) is 12.4. The first-order valence-corrected chi connectivity index (χ1v) is 5.00. The van der Waals surface area contributed by atoms with Gasteiger partial charge in [0.05, 0.1) is 0 Å². The number of rotatable bonds is 3. The monoisotopic (exact) mass is 211 g/mol. The molecule has 0 radical (unpaired) electrons. The summed E-state index contributed by atoms with van der Waals surface area (Å²) in [7, 11) is 0.